The van der Waals surface area contributed by atoms with E-state index in [1.54, 1.807) is 6.92 Å². The zero-order chi connectivity index (χ0) is 13.5. The lowest BCUT2D eigenvalue weighted by atomic mass is 10.2. The van der Waals surface area contributed by atoms with Gasteiger partial charge in [-0.15, -0.1) is 0 Å². The Morgan fingerprint density at radius 3 is 2.56 bits per heavy atom. The van der Waals surface area contributed by atoms with Crippen molar-refractivity contribution in [2.45, 2.75) is 6.92 Å². The highest BCUT2D eigenvalue weighted by atomic mass is 16.6. The number of aromatic carboxylic acids is 1. The number of esters is 1. The van der Waals surface area contributed by atoms with Crippen LogP contribution >= 0.6 is 0 Å². The monoisotopic (exact) mass is 254 g/mol. The second kappa shape index (κ2) is 6.48. The number of hydrogen-bond acceptors (Lipinski definition) is 5. The molecule has 0 unspecified atom stereocenters. The molecule has 0 aromatic heterocycles. The molecular formula is C12H14O6. The van der Waals surface area contributed by atoms with Crippen LogP contribution in [0.1, 0.15) is 17.3 Å². The Hall–Kier alpha value is -2.24. The van der Waals surface area contributed by atoms with E-state index in [9.17, 15) is 9.59 Å². The Labute approximate surface area is 104 Å². The molecule has 0 radical (unpaired) electrons. The van der Waals surface area contributed by atoms with E-state index in [2.05, 4.69) is 0 Å². The molecule has 0 fully saturated rings. The van der Waals surface area contributed by atoms with Crippen LogP contribution in [-0.4, -0.2) is 37.4 Å². The highest BCUT2D eigenvalue weighted by Gasteiger charge is 2.11. The molecule has 0 aliphatic heterocycles. The standard InChI is InChI=1S/C12H14O6/c1-3-17-11(13)7-18-9-5-4-8(12(14)15)6-10(9)16-2/h4-6H,3,7H2,1-2H3,(H,14,15). The third-order valence-electron chi connectivity index (χ3n) is 2.06. The van der Waals surface area contributed by atoms with E-state index in [-0.39, 0.29) is 30.3 Å². The maximum Gasteiger partial charge on any atom is 0.344 e. The zero-order valence-electron chi connectivity index (χ0n) is 10.1. The maximum atomic E-state index is 11.1. The van der Waals surface area contributed by atoms with Crippen molar-refractivity contribution in [1.82, 2.24) is 0 Å². The van der Waals surface area contributed by atoms with Gasteiger partial charge in [0.1, 0.15) is 0 Å². The molecular weight excluding hydrogens is 240 g/mol. The summed E-state index contributed by atoms with van der Waals surface area (Å²) in [5.41, 5.74) is 0.0790. The fraction of sp³-hybridized carbons (Fsp3) is 0.333. The van der Waals surface area contributed by atoms with Crippen LogP contribution in [0.25, 0.3) is 0 Å². The minimum atomic E-state index is -1.06. The number of carboxylic acids is 1. The van der Waals surface area contributed by atoms with Gasteiger partial charge in [-0.2, -0.15) is 0 Å². The molecule has 0 saturated heterocycles. The average molecular weight is 254 g/mol. The van der Waals surface area contributed by atoms with Gasteiger partial charge in [-0.3, -0.25) is 0 Å². The number of ether oxygens (including phenoxy) is 3. The highest BCUT2D eigenvalue weighted by molar-refractivity contribution is 5.88. The Morgan fingerprint density at radius 1 is 1.28 bits per heavy atom. The summed E-state index contributed by atoms with van der Waals surface area (Å²) < 4.78 is 14.9. The number of carboxylic acid groups (broad SMARTS) is 1. The van der Waals surface area contributed by atoms with Crippen molar-refractivity contribution in [2.75, 3.05) is 20.3 Å². The Kier molecular flexibility index (Phi) is 4.98. The molecule has 0 saturated carbocycles. The highest BCUT2D eigenvalue weighted by Crippen LogP contribution is 2.28. The van der Waals surface area contributed by atoms with Crippen molar-refractivity contribution in [2.24, 2.45) is 0 Å². The largest absolute Gasteiger partial charge is 0.493 e. The first kappa shape index (κ1) is 13.8. The van der Waals surface area contributed by atoms with Crippen LogP contribution in [-0.2, 0) is 9.53 Å². The van der Waals surface area contributed by atoms with Gasteiger partial charge in [-0.05, 0) is 25.1 Å². The summed E-state index contributed by atoms with van der Waals surface area (Å²) in [5, 5.41) is 8.81. The molecule has 0 atom stereocenters. The van der Waals surface area contributed by atoms with E-state index in [4.69, 9.17) is 19.3 Å². The van der Waals surface area contributed by atoms with Crippen LogP contribution in [0.5, 0.6) is 11.5 Å². The lowest BCUT2D eigenvalue weighted by molar-refractivity contribution is -0.145. The van der Waals surface area contributed by atoms with Crippen molar-refractivity contribution in [3.8, 4) is 11.5 Å². The first-order valence-electron chi connectivity index (χ1n) is 5.28. The smallest absolute Gasteiger partial charge is 0.344 e. The van der Waals surface area contributed by atoms with Crippen molar-refractivity contribution in [3.63, 3.8) is 0 Å². The molecule has 1 N–H and O–H groups in total. The second-order valence-electron chi connectivity index (χ2n) is 3.26. The van der Waals surface area contributed by atoms with Crippen molar-refractivity contribution in [3.05, 3.63) is 23.8 Å². The fourth-order valence-corrected chi connectivity index (χ4v) is 1.26. The van der Waals surface area contributed by atoms with Gasteiger partial charge in [0.05, 0.1) is 19.3 Å². The fourth-order valence-electron chi connectivity index (χ4n) is 1.26. The minimum absolute atomic E-state index is 0.0790. The molecule has 6 nitrogen and oxygen atoms in total. The molecule has 0 heterocycles. The van der Waals surface area contributed by atoms with Gasteiger partial charge >= 0.3 is 11.9 Å². The quantitative estimate of drug-likeness (QED) is 0.771. The van der Waals surface area contributed by atoms with Gasteiger partial charge in [-0.1, -0.05) is 0 Å². The SMILES string of the molecule is CCOC(=O)COc1ccc(C(=O)O)cc1OC. The molecule has 0 aliphatic carbocycles. The first-order chi connectivity index (χ1) is 8.58. The van der Waals surface area contributed by atoms with Crippen molar-refractivity contribution < 1.29 is 28.9 Å². The average Bonchev–Trinajstić information content (AvgIpc) is 2.36. The van der Waals surface area contributed by atoms with Gasteiger partial charge in [0.15, 0.2) is 18.1 Å². The van der Waals surface area contributed by atoms with Crippen LogP contribution in [0.3, 0.4) is 0 Å². The first-order valence-corrected chi connectivity index (χ1v) is 5.28. The van der Waals surface area contributed by atoms with E-state index >= 15 is 0 Å². The van der Waals surface area contributed by atoms with Crippen LogP contribution < -0.4 is 9.47 Å². The van der Waals surface area contributed by atoms with Gasteiger partial charge < -0.3 is 19.3 Å². The minimum Gasteiger partial charge on any atom is -0.493 e. The lowest BCUT2D eigenvalue weighted by Gasteiger charge is -2.10. The third-order valence-corrected chi connectivity index (χ3v) is 2.06. The molecule has 0 bridgehead atoms. The summed E-state index contributed by atoms with van der Waals surface area (Å²) in [5.74, 6) is -1.03. The van der Waals surface area contributed by atoms with E-state index < -0.39 is 11.9 Å². The summed E-state index contributed by atoms with van der Waals surface area (Å²) in [6, 6.07) is 4.12. The number of carbonyl (C=O) groups is 2. The molecule has 98 valence electrons. The Morgan fingerprint density at radius 2 is 2.00 bits per heavy atom. The maximum absolute atomic E-state index is 11.1. The predicted octanol–water partition coefficient (Wildman–Crippen LogP) is 1.34. The molecule has 1 aromatic carbocycles. The summed E-state index contributed by atoms with van der Waals surface area (Å²) >= 11 is 0. The summed E-state index contributed by atoms with van der Waals surface area (Å²) in [6.45, 7) is 1.72. The molecule has 0 amide bonds. The number of benzene rings is 1. The van der Waals surface area contributed by atoms with Gasteiger partial charge in [0, 0.05) is 0 Å². The van der Waals surface area contributed by atoms with E-state index in [0.29, 0.717) is 0 Å². The molecule has 0 spiro atoms. The van der Waals surface area contributed by atoms with E-state index in [1.807, 2.05) is 0 Å². The van der Waals surface area contributed by atoms with Gasteiger partial charge in [0.2, 0.25) is 0 Å². The van der Waals surface area contributed by atoms with Gasteiger partial charge in [-0.25, -0.2) is 9.59 Å². The van der Waals surface area contributed by atoms with Crippen molar-refractivity contribution >= 4 is 11.9 Å². The van der Waals surface area contributed by atoms with Crippen LogP contribution in [0.4, 0.5) is 0 Å². The summed E-state index contributed by atoms with van der Waals surface area (Å²) in [7, 11) is 1.39. The summed E-state index contributed by atoms with van der Waals surface area (Å²) in [6.07, 6.45) is 0. The van der Waals surface area contributed by atoms with Crippen LogP contribution in [0.2, 0.25) is 0 Å². The van der Waals surface area contributed by atoms with Gasteiger partial charge in [0.25, 0.3) is 0 Å². The molecule has 1 rings (SSSR count). The van der Waals surface area contributed by atoms with E-state index in [0.717, 1.165) is 0 Å². The molecule has 18 heavy (non-hydrogen) atoms. The van der Waals surface area contributed by atoms with Crippen molar-refractivity contribution in [1.29, 1.82) is 0 Å². The molecule has 6 heteroatoms. The molecule has 1 aromatic rings. The lowest BCUT2D eigenvalue weighted by Crippen LogP contribution is -2.15. The third kappa shape index (κ3) is 3.65. The Bertz CT molecular complexity index is 440. The number of rotatable bonds is 6. The summed E-state index contributed by atoms with van der Waals surface area (Å²) in [4.78, 5) is 21.9. The molecule has 0 aliphatic rings. The van der Waals surface area contributed by atoms with Crippen LogP contribution in [0.15, 0.2) is 18.2 Å². The topological polar surface area (TPSA) is 82.1 Å². The normalized spacial score (nSPS) is 9.67. The second-order valence-corrected chi connectivity index (χ2v) is 3.26. The number of methoxy groups -OCH3 is 1. The van der Waals surface area contributed by atoms with Crippen LogP contribution in [0, 0.1) is 0 Å². The number of hydrogen-bond donors (Lipinski definition) is 1. The zero-order valence-corrected chi connectivity index (χ0v) is 10.1. The number of carbonyl (C=O) groups excluding carboxylic acids is 1. The predicted molar refractivity (Wildman–Crippen MR) is 62.1 cm³/mol. The van der Waals surface area contributed by atoms with E-state index in [1.165, 1.54) is 25.3 Å². The Balaban J connectivity index is 2.76.